The Morgan fingerprint density at radius 3 is 2.57 bits per heavy atom. The Hall–Kier alpha value is -1.78. The number of carbonyl (C=O) groups is 2. The molecule has 1 aromatic heterocycles. The maximum atomic E-state index is 11.3. The van der Waals surface area contributed by atoms with Crippen molar-refractivity contribution in [3.05, 3.63) is 23.7 Å². The zero-order chi connectivity index (χ0) is 9.97. The minimum Gasteiger partial charge on any atom is -0.462 e. The van der Waals surface area contributed by atoms with Crippen LogP contribution in [0.1, 0.15) is 27.3 Å². The maximum Gasteiger partial charge on any atom is 0.375 e. The third kappa shape index (κ3) is 1.48. The first-order valence-corrected chi connectivity index (χ1v) is 4.21. The summed E-state index contributed by atoms with van der Waals surface area (Å²) in [6.45, 7) is 0.475. The maximum absolute atomic E-state index is 11.3. The van der Waals surface area contributed by atoms with E-state index in [-0.39, 0.29) is 24.5 Å². The van der Waals surface area contributed by atoms with Crippen molar-refractivity contribution >= 4 is 11.9 Å². The van der Waals surface area contributed by atoms with Crippen LogP contribution in [0.15, 0.2) is 16.7 Å². The average molecular weight is 196 g/mol. The van der Waals surface area contributed by atoms with Crippen LogP contribution in [0.25, 0.3) is 0 Å². The highest BCUT2D eigenvalue weighted by molar-refractivity contribution is 6.01. The molecule has 2 heterocycles. The summed E-state index contributed by atoms with van der Waals surface area (Å²) in [5, 5.41) is 0. The van der Waals surface area contributed by atoms with Crippen LogP contribution >= 0.6 is 0 Å². The van der Waals surface area contributed by atoms with Gasteiger partial charge in [-0.3, -0.25) is 0 Å². The molecule has 1 aromatic rings. The van der Waals surface area contributed by atoms with E-state index in [4.69, 9.17) is 13.9 Å². The van der Waals surface area contributed by atoms with Gasteiger partial charge < -0.3 is 13.9 Å². The highest BCUT2D eigenvalue weighted by Gasteiger charge is 2.24. The molecule has 0 aromatic carbocycles. The zero-order valence-electron chi connectivity index (χ0n) is 7.32. The molecular weight excluding hydrogens is 188 g/mol. The number of hydrogen-bond acceptors (Lipinski definition) is 5. The third-order valence-corrected chi connectivity index (χ3v) is 1.83. The van der Waals surface area contributed by atoms with Crippen molar-refractivity contribution in [3.8, 4) is 0 Å². The average Bonchev–Trinajstić information content (AvgIpc) is 2.64. The molecular formula is C9H8O5. The van der Waals surface area contributed by atoms with Gasteiger partial charge in [0.05, 0.1) is 19.5 Å². The van der Waals surface area contributed by atoms with Crippen LogP contribution < -0.4 is 0 Å². The van der Waals surface area contributed by atoms with Crippen molar-refractivity contribution in [3.63, 3.8) is 0 Å². The summed E-state index contributed by atoms with van der Waals surface area (Å²) in [6.07, 6.45) is 1.76. The summed E-state index contributed by atoms with van der Waals surface area (Å²) in [4.78, 5) is 22.6. The van der Waals surface area contributed by atoms with Crippen LogP contribution in [-0.4, -0.2) is 25.2 Å². The second kappa shape index (κ2) is 3.53. The van der Waals surface area contributed by atoms with Crippen molar-refractivity contribution in [2.45, 2.75) is 6.42 Å². The van der Waals surface area contributed by atoms with Gasteiger partial charge in [0.15, 0.2) is 0 Å². The monoisotopic (exact) mass is 196 g/mol. The van der Waals surface area contributed by atoms with E-state index < -0.39 is 11.9 Å². The number of cyclic esters (lactones) is 2. The van der Waals surface area contributed by atoms with E-state index in [2.05, 4.69) is 0 Å². The molecule has 0 saturated heterocycles. The Bertz CT molecular complexity index is 333. The molecule has 0 bridgehead atoms. The molecule has 0 aliphatic carbocycles. The number of fused-ring (bicyclic) bond motifs is 1. The summed E-state index contributed by atoms with van der Waals surface area (Å²) < 4.78 is 14.6. The molecule has 0 radical (unpaired) electrons. The van der Waals surface area contributed by atoms with Crippen molar-refractivity contribution in [2.75, 3.05) is 13.2 Å². The van der Waals surface area contributed by atoms with Crippen LogP contribution in [-0.2, 0) is 9.47 Å². The lowest BCUT2D eigenvalue weighted by molar-refractivity contribution is 0.0419. The fourth-order valence-corrected chi connectivity index (χ4v) is 1.16. The van der Waals surface area contributed by atoms with Crippen LogP contribution in [0, 0.1) is 0 Å². The molecule has 0 amide bonds. The van der Waals surface area contributed by atoms with Crippen LogP contribution in [0.5, 0.6) is 0 Å². The van der Waals surface area contributed by atoms with E-state index in [0.29, 0.717) is 6.42 Å². The Morgan fingerprint density at radius 1 is 1.07 bits per heavy atom. The van der Waals surface area contributed by atoms with Gasteiger partial charge in [-0.15, -0.1) is 0 Å². The summed E-state index contributed by atoms with van der Waals surface area (Å²) >= 11 is 0. The largest absolute Gasteiger partial charge is 0.462 e. The van der Waals surface area contributed by atoms with E-state index in [9.17, 15) is 9.59 Å². The first kappa shape index (κ1) is 8.80. The van der Waals surface area contributed by atoms with Crippen molar-refractivity contribution in [1.29, 1.82) is 0 Å². The smallest absolute Gasteiger partial charge is 0.375 e. The van der Waals surface area contributed by atoms with Gasteiger partial charge in [-0.05, 0) is 6.07 Å². The normalized spacial score (nSPS) is 17.1. The van der Waals surface area contributed by atoms with E-state index in [1.807, 2.05) is 0 Å². The SMILES string of the molecule is O=C1OCCCOC(=O)c2occc21. The Kier molecular flexibility index (Phi) is 2.22. The van der Waals surface area contributed by atoms with Gasteiger partial charge in [-0.1, -0.05) is 0 Å². The number of hydrogen-bond donors (Lipinski definition) is 0. The molecule has 5 nitrogen and oxygen atoms in total. The quantitative estimate of drug-likeness (QED) is 0.579. The molecule has 14 heavy (non-hydrogen) atoms. The first-order chi connectivity index (χ1) is 6.79. The lowest BCUT2D eigenvalue weighted by atomic mass is 10.2. The van der Waals surface area contributed by atoms with Crippen molar-refractivity contribution in [2.24, 2.45) is 0 Å². The summed E-state index contributed by atoms with van der Waals surface area (Å²) in [7, 11) is 0. The lowest BCUT2D eigenvalue weighted by Crippen LogP contribution is -2.08. The minimum atomic E-state index is -0.621. The number of ether oxygens (including phenoxy) is 2. The molecule has 0 unspecified atom stereocenters. The van der Waals surface area contributed by atoms with E-state index in [0.717, 1.165) is 0 Å². The molecule has 5 heteroatoms. The molecule has 0 spiro atoms. The fraction of sp³-hybridized carbons (Fsp3) is 0.333. The Balaban J connectivity index is 2.36. The van der Waals surface area contributed by atoms with Gasteiger partial charge in [0, 0.05) is 6.42 Å². The highest BCUT2D eigenvalue weighted by atomic mass is 16.6. The van der Waals surface area contributed by atoms with Crippen molar-refractivity contribution in [1.82, 2.24) is 0 Å². The second-order valence-corrected chi connectivity index (χ2v) is 2.79. The number of carbonyl (C=O) groups excluding carboxylic acids is 2. The molecule has 0 saturated carbocycles. The molecule has 74 valence electrons. The predicted octanol–water partition coefficient (Wildman–Crippen LogP) is 0.997. The van der Waals surface area contributed by atoms with Crippen molar-refractivity contribution < 1.29 is 23.5 Å². The number of rotatable bonds is 0. The Morgan fingerprint density at radius 2 is 1.79 bits per heavy atom. The molecule has 1 aliphatic rings. The lowest BCUT2D eigenvalue weighted by Gasteiger charge is -1.99. The van der Waals surface area contributed by atoms with Gasteiger partial charge in [-0.25, -0.2) is 9.59 Å². The topological polar surface area (TPSA) is 65.7 Å². The number of esters is 2. The number of furan rings is 1. The fourth-order valence-electron chi connectivity index (χ4n) is 1.16. The van der Waals surface area contributed by atoms with Gasteiger partial charge in [0.1, 0.15) is 5.56 Å². The highest BCUT2D eigenvalue weighted by Crippen LogP contribution is 2.15. The van der Waals surface area contributed by atoms with Gasteiger partial charge in [0.2, 0.25) is 5.76 Å². The van der Waals surface area contributed by atoms with E-state index in [1.54, 1.807) is 0 Å². The zero-order valence-corrected chi connectivity index (χ0v) is 7.32. The standard InChI is InChI=1S/C9H8O5/c10-8-6-2-5-12-7(6)9(11)14-4-1-3-13-8/h2,5H,1,3-4H2. The molecule has 0 N–H and O–H groups in total. The second-order valence-electron chi connectivity index (χ2n) is 2.79. The molecule has 0 fully saturated rings. The summed E-state index contributed by atoms with van der Waals surface area (Å²) in [5.74, 6) is -1.26. The summed E-state index contributed by atoms with van der Waals surface area (Å²) in [5.41, 5.74) is 0.122. The Labute approximate surface area is 79.6 Å². The molecule has 2 rings (SSSR count). The minimum absolute atomic E-state index is 0.0862. The van der Waals surface area contributed by atoms with Crippen LogP contribution in [0.2, 0.25) is 0 Å². The van der Waals surface area contributed by atoms with Gasteiger partial charge in [0.25, 0.3) is 0 Å². The first-order valence-electron chi connectivity index (χ1n) is 4.21. The summed E-state index contributed by atoms with van der Waals surface area (Å²) in [6, 6.07) is 1.39. The van der Waals surface area contributed by atoms with E-state index in [1.165, 1.54) is 12.3 Å². The van der Waals surface area contributed by atoms with Crippen LogP contribution in [0.3, 0.4) is 0 Å². The van der Waals surface area contributed by atoms with Gasteiger partial charge >= 0.3 is 11.9 Å². The third-order valence-electron chi connectivity index (χ3n) is 1.83. The molecule has 1 aliphatic heterocycles. The van der Waals surface area contributed by atoms with Gasteiger partial charge in [-0.2, -0.15) is 0 Å². The molecule has 0 atom stereocenters. The predicted molar refractivity (Wildman–Crippen MR) is 43.9 cm³/mol. The van der Waals surface area contributed by atoms with E-state index >= 15 is 0 Å². The van der Waals surface area contributed by atoms with Crippen LogP contribution in [0.4, 0.5) is 0 Å².